The molecule has 0 aliphatic rings. The molecule has 0 bridgehead atoms. The van der Waals surface area contributed by atoms with Gasteiger partial charge >= 0.3 is 0 Å². The van der Waals surface area contributed by atoms with E-state index in [0.29, 0.717) is 18.1 Å². The molecule has 2 N–H and O–H groups in total. The Labute approximate surface area is 128 Å². The van der Waals surface area contributed by atoms with Crippen LogP contribution in [-0.2, 0) is 6.61 Å². The Balaban J connectivity index is 1.96. The van der Waals surface area contributed by atoms with Gasteiger partial charge in [-0.25, -0.2) is 4.39 Å². The van der Waals surface area contributed by atoms with Gasteiger partial charge in [0, 0.05) is 19.6 Å². The van der Waals surface area contributed by atoms with Crippen LogP contribution in [0.4, 0.5) is 4.39 Å². The third-order valence-corrected chi connectivity index (χ3v) is 3.39. The lowest BCUT2D eigenvalue weighted by atomic mass is 10.3. The number of benzene rings is 1. The quantitative estimate of drug-likeness (QED) is 0.890. The Hall–Kier alpha value is -2.34. The highest BCUT2D eigenvalue weighted by Gasteiger charge is 2.19. The van der Waals surface area contributed by atoms with Crippen molar-refractivity contribution in [2.45, 2.75) is 19.6 Å². The van der Waals surface area contributed by atoms with Gasteiger partial charge < -0.3 is 19.8 Å². The molecule has 0 saturated heterocycles. The summed E-state index contributed by atoms with van der Waals surface area (Å²) >= 11 is 0. The molecule has 118 valence electrons. The standard InChI is InChI=1S/C16H19FN2O3/c1-11(9-18)19(2)16(20)15-8-7-14(22-15)10-21-13-5-3-12(17)4-6-13/h3-8,11H,9-10,18H2,1-2H3. The molecule has 1 amide bonds. The minimum atomic E-state index is -0.324. The zero-order valence-electron chi connectivity index (χ0n) is 12.6. The fourth-order valence-electron chi connectivity index (χ4n) is 1.79. The van der Waals surface area contributed by atoms with Gasteiger partial charge in [0.1, 0.15) is 23.9 Å². The number of halogens is 1. The monoisotopic (exact) mass is 306 g/mol. The number of likely N-dealkylation sites (N-methyl/N-ethyl adjacent to an activating group) is 1. The predicted octanol–water partition coefficient (Wildman–Crippen LogP) is 2.42. The molecule has 2 rings (SSSR count). The molecule has 0 fully saturated rings. The topological polar surface area (TPSA) is 68.7 Å². The SMILES string of the molecule is CC(CN)N(C)C(=O)c1ccc(COc2ccc(F)cc2)o1. The van der Waals surface area contributed by atoms with Crippen molar-refractivity contribution >= 4 is 5.91 Å². The molecule has 5 nitrogen and oxygen atoms in total. The Bertz CT molecular complexity index is 625. The molecule has 0 saturated carbocycles. The van der Waals surface area contributed by atoms with Crippen LogP contribution in [-0.4, -0.2) is 30.4 Å². The van der Waals surface area contributed by atoms with Gasteiger partial charge in [0.05, 0.1) is 0 Å². The van der Waals surface area contributed by atoms with Gasteiger partial charge in [-0.05, 0) is 43.3 Å². The number of nitrogens with zero attached hydrogens (tertiary/aromatic N) is 1. The van der Waals surface area contributed by atoms with E-state index in [9.17, 15) is 9.18 Å². The molecule has 2 aromatic rings. The van der Waals surface area contributed by atoms with E-state index in [4.69, 9.17) is 14.9 Å². The largest absolute Gasteiger partial charge is 0.486 e. The fourth-order valence-corrected chi connectivity index (χ4v) is 1.79. The van der Waals surface area contributed by atoms with Gasteiger partial charge in [0.2, 0.25) is 0 Å². The van der Waals surface area contributed by atoms with Gasteiger partial charge in [-0.15, -0.1) is 0 Å². The molecule has 1 heterocycles. The lowest BCUT2D eigenvalue weighted by Crippen LogP contribution is -2.39. The third kappa shape index (κ3) is 3.85. The summed E-state index contributed by atoms with van der Waals surface area (Å²) in [5, 5.41) is 0. The van der Waals surface area contributed by atoms with Gasteiger partial charge in [-0.2, -0.15) is 0 Å². The van der Waals surface area contributed by atoms with Crippen molar-refractivity contribution in [1.29, 1.82) is 0 Å². The average Bonchev–Trinajstić information content (AvgIpc) is 3.01. The smallest absolute Gasteiger partial charge is 0.289 e. The van der Waals surface area contributed by atoms with Crippen molar-refractivity contribution < 1.29 is 18.3 Å². The first-order valence-electron chi connectivity index (χ1n) is 6.95. The number of rotatable bonds is 6. The van der Waals surface area contributed by atoms with Crippen LogP contribution >= 0.6 is 0 Å². The molecule has 22 heavy (non-hydrogen) atoms. The van der Waals surface area contributed by atoms with Crippen molar-refractivity contribution in [2.75, 3.05) is 13.6 Å². The lowest BCUT2D eigenvalue weighted by Gasteiger charge is -2.22. The molecule has 1 atom stereocenters. The summed E-state index contributed by atoms with van der Waals surface area (Å²) in [4.78, 5) is 13.7. The average molecular weight is 306 g/mol. The highest BCUT2D eigenvalue weighted by Crippen LogP contribution is 2.16. The zero-order valence-corrected chi connectivity index (χ0v) is 12.6. The Morgan fingerprint density at radius 1 is 1.32 bits per heavy atom. The summed E-state index contributed by atoms with van der Waals surface area (Å²) in [7, 11) is 1.68. The third-order valence-electron chi connectivity index (χ3n) is 3.39. The maximum absolute atomic E-state index is 12.8. The molecule has 0 aliphatic heterocycles. The van der Waals surface area contributed by atoms with E-state index in [2.05, 4.69) is 0 Å². The number of furan rings is 1. The number of ether oxygens (including phenoxy) is 1. The second kappa shape index (κ2) is 7.09. The fraction of sp³-hybridized carbons (Fsp3) is 0.312. The van der Waals surface area contributed by atoms with Crippen LogP contribution in [0.25, 0.3) is 0 Å². The maximum atomic E-state index is 12.8. The first kappa shape index (κ1) is 16.0. The Morgan fingerprint density at radius 2 is 2.00 bits per heavy atom. The van der Waals surface area contributed by atoms with Crippen molar-refractivity contribution in [3.8, 4) is 5.75 Å². The minimum Gasteiger partial charge on any atom is -0.486 e. The van der Waals surface area contributed by atoms with Gasteiger partial charge in [-0.1, -0.05) is 0 Å². The molecular formula is C16H19FN2O3. The molecule has 6 heteroatoms. The van der Waals surface area contributed by atoms with Crippen LogP contribution in [0.15, 0.2) is 40.8 Å². The zero-order chi connectivity index (χ0) is 16.1. The molecule has 0 aliphatic carbocycles. The predicted molar refractivity (Wildman–Crippen MR) is 80.0 cm³/mol. The second-order valence-corrected chi connectivity index (χ2v) is 5.01. The van der Waals surface area contributed by atoms with Gasteiger partial charge in [0.25, 0.3) is 5.91 Å². The van der Waals surface area contributed by atoms with Crippen LogP contribution in [0.5, 0.6) is 5.75 Å². The van der Waals surface area contributed by atoms with Crippen LogP contribution < -0.4 is 10.5 Å². The van der Waals surface area contributed by atoms with E-state index in [0.717, 1.165) is 0 Å². The van der Waals surface area contributed by atoms with Crippen LogP contribution in [0.2, 0.25) is 0 Å². The molecule has 1 aromatic heterocycles. The summed E-state index contributed by atoms with van der Waals surface area (Å²) in [6.45, 7) is 2.40. The van der Waals surface area contributed by atoms with Crippen LogP contribution in [0.3, 0.4) is 0 Å². The van der Waals surface area contributed by atoms with E-state index in [-0.39, 0.29) is 30.1 Å². The van der Waals surface area contributed by atoms with Gasteiger partial charge in [0.15, 0.2) is 5.76 Å². The summed E-state index contributed by atoms with van der Waals surface area (Å²) < 4.78 is 23.7. The Kier molecular flexibility index (Phi) is 5.16. The number of amides is 1. The number of carbonyl (C=O) groups is 1. The normalized spacial score (nSPS) is 12.0. The molecule has 1 aromatic carbocycles. The number of carbonyl (C=O) groups excluding carboxylic acids is 1. The first-order chi connectivity index (χ1) is 10.5. The Morgan fingerprint density at radius 3 is 2.64 bits per heavy atom. The number of hydrogen-bond acceptors (Lipinski definition) is 4. The first-order valence-corrected chi connectivity index (χ1v) is 6.95. The molecule has 1 unspecified atom stereocenters. The van der Waals surface area contributed by atoms with Crippen molar-refractivity contribution in [2.24, 2.45) is 5.73 Å². The van der Waals surface area contributed by atoms with E-state index in [1.54, 1.807) is 19.2 Å². The minimum absolute atomic E-state index is 0.0727. The van der Waals surface area contributed by atoms with Crippen molar-refractivity contribution in [3.05, 3.63) is 53.7 Å². The molecule has 0 radical (unpaired) electrons. The lowest BCUT2D eigenvalue weighted by molar-refractivity contribution is 0.0712. The summed E-state index contributed by atoms with van der Waals surface area (Å²) in [6, 6.07) is 8.90. The van der Waals surface area contributed by atoms with E-state index < -0.39 is 0 Å². The maximum Gasteiger partial charge on any atom is 0.289 e. The highest BCUT2D eigenvalue weighted by atomic mass is 19.1. The summed E-state index contributed by atoms with van der Waals surface area (Å²) in [6.07, 6.45) is 0. The highest BCUT2D eigenvalue weighted by molar-refractivity contribution is 5.91. The summed E-state index contributed by atoms with van der Waals surface area (Å²) in [5.74, 6) is 0.725. The molecule has 0 spiro atoms. The summed E-state index contributed by atoms with van der Waals surface area (Å²) in [5.41, 5.74) is 5.55. The second-order valence-electron chi connectivity index (χ2n) is 5.01. The van der Waals surface area contributed by atoms with E-state index in [1.165, 1.54) is 29.2 Å². The van der Waals surface area contributed by atoms with Gasteiger partial charge in [-0.3, -0.25) is 4.79 Å². The number of nitrogens with two attached hydrogens (primary N) is 1. The van der Waals surface area contributed by atoms with E-state index >= 15 is 0 Å². The van der Waals surface area contributed by atoms with Crippen molar-refractivity contribution in [3.63, 3.8) is 0 Å². The van der Waals surface area contributed by atoms with E-state index in [1.807, 2.05) is 6.92 Å². The van der Waals surface area contributed by atoms with Crippen LogP contribution in [0, 0.1) is 5.82 Å². The molecular weight excluding hydrogens is 287 g/mol. The van der Waals surface area contributed by atoms with Crippen molar-refractivity contribution in [1.82, 2.24) is 4.90 Å². The van der Waals surface area contributed by atoms with Crippen LogP contribution in [0.1, 0.15) is 23.2 Å². The number of hydrogen-bond donors (Lipinski definition) is 1.